The van der Waals surface area contributed by atoms with Crippen molar-refractivity contribution in [3.05, 3.63) is 102 Å². The average Bonchev–Trinajstić information content (AvgIpc) is 2.66. The van der Waals surface area contributed by atoms with E-state index >= 15 is 0 Å². The zero-order valence-electron chi connectivity index (χ0n) is 13.3. The quantitative estimate of drug-likeness (QED) is 0.654. The second kappa shape index (κ2) is 8.49. The minimum atomic E-state index is 0.00406. The molecule has 0 aliphatic carbocycles. The maximum absolute atomic E-state index is 12.5. The molecule has 3 rings (SSSR count). The summed E-state index contributed by atoms with van der Waals surface area (Å²) >= 11 is 0.238. The molecule has 0 heterocycles. The van der Waals surface area contributed by atoms with Gasteiger partial charge < -0.3 is 0 Å². The van der Waals surface area contributed by atoms with Crippen LogP contribution in [0.25, 0.3) is 0 Å². The van der Waals surface area contributed by atoms with Crippen molar-refractivity contribution in [2.45, 2.75) is 11.9 Å². The Hall–Kier alpha value is -2.35. The third-order valence-corrected chi connectivity index (χ3v) is 6.07. The number of hydrogen-bond acceptors (Lipinski definition) is 1. The molecular weight excluding hydrogens is 361 g/mol. The van der Waals surface area contributed by atoms with E-state index in [2.05, 4.69) is 35.6 Å². The van der Waals surface area contributed by atoms with Crippen LogP contribution in [0.2, 0.25) is 0 Å². The van der Waals surface area contributed by atoms with Crippen molar-refractivity contribution in [1.82, 2.24) is 5.32 Å². The Bertz CT molecular complexity index is 787. The normalized spacial score (nSPS) is 10.3. The van der Waals surface area contributed by atoms with E-state index < -0.39 is 0 Å². The summed E-state index contributed by atoms with van der Waals surface area (Å²) in [6, 6.07) is 28.3. The van der Waals surface area contributed by atoms with E-state index in [4.69, 9.17) is 0 Å². The third kappa shape index (κ3) is 4.58. The maximum atomic E-state index is 12.5. The molecule has 0 bridgehead atoms. The molecule has 0 radical (unpaired) electrons. The number of benzene rings is 3. The standard InChI is InChI=1S/C21H19NOSe/c23-21(22-15-17-9-3-1-4-10-17)19-13-7-8-14-20(19)24-16-18-11-5-2-6-12-18/h1-14H,15-16H2,(H,22,23). The fraction of sp³-hybridized carbons (Fsp3) is 0.0952. The van der Waals surface area contributed by atoms with Crippen LogP contribution in [0.15, 0.2) is 84.9 Å². The molecule has 0 saturated carbocycles. The Morgan fingerprint density at radius 1 is 0.750 bits per heavy atom. The van der Waals surface area contributed by atoms with E-state index in [9.17, 15) is 4.79 Å². The number of carbonyl (C=O) groups is 1. The van der Waals surface area contributed by atoms with Gasteiger partial charge in [-0.05, 0) is 0 Å². The van der Waals surface area contributed by atoms with Crippen molar-refractivity contribution < 1.29 is 4.79 Å². The van der Waals surface area contributed by atoms with Gasteiger partial charge in [-0.3, -0.25) is 0 Å². The van der Waals surface area contributed by atoms with Crippen LogP contribution >= 0.6 is 0 Å². The van der Waals surface area contributed by atoms with E-state index in [0.29, 0.717) is 6.54 Å². The molecule has 1 amide bonds. The molecule has 0 fully saturated rings. The first-order valence-electron chi connectivity index (χ1n) is 7.91. The van der Waals surface area contributed by atoms with Crippen LogP contribution in [0.1, 0.15) is 21.5 Å². The molecule has 0 unspecified atom stereocenters. The van der Waals surface area contributed by atoms with Gasteiger partial charge in [-0.15, -0.1) is 0 Å². The van der Waals surface area contributed by atoms with Gasteiger partial charge >= 0.3 is 149 Å². The number of nitrogens with one attached hydrogen (secondary N) is 1. The monoisotopic (exact) mass is 381 g/mol. The van der Waals surface area contributed by atoms with Crippen LogP contribution < -0.4 is 9.78 Å². The van der Waals surface area contributed by atoms with Crippen molar-refractivity contribution in [2.75, 3.05) is 0 Å². The summed E-state index contributed by atoms with van der Waals surface area (Å²) in [4.78, 5) is 12.5. The van der Waals surface area contributed by atoms with Crippen molar-refractivity contribution >= 4 is 25.3 Å². The summed E-state index contributed by atoms with van der Waals surface area (Å²) < 4.78 is 1.15. The van der Waals surface area contributed by atoms with E-state index in [-0.39, 0.29) is 20.9 Å². The molecule has 0 aliphatic rings. The molecule has 0 aliphatic heterocycles. The van der Waals surface area contributed by atoms with Crippen molar-refractivity contribution in [3.8, 4) is 0 Å². The van der Waals surface area contributed by atoms with Gasteiger partial charge in [0.25, 0.3) is 0 Å². The molecule has 0 saturated heterocycles. The van der Waals surface area contributed by atoms with E-state index in [0.717, 1.165) is 20.9 Å². The van der Waals surface area contributed by atoms with Gasteiger partial charge in [0.15, 0.2) is 0 Å². The van der Waals surface area contributed by atoms with Crippen LogP contribution in [-0.2, 0) is 11.9 Å². The summed E-state index contributed by atoms with van der Waals surface area (Å²) in [6.45, 7) is 0.555. The van der Waals surface area contributed by atoms with Gasteiger partial charge in [0.05, 0.1) is 0 Å². The summed E-state index contributed by atoms with van der Waals surface area (Å²) in [6.07, 6.45) is 0. The Balaban J connectivity index is 1.65. The molecule has 0 spiro atoms. The number of hydrogen-bond donors (Lipinski definition) is 1. The molecule has 2 nitrogen and oxygen atoms in total. The van der Waals surface area contributed by atoms with Gasteiger partial charge in [0, 0.05) is 0 Å². The Morgan fingerprint density at radius 2 is 1.33 bits per heavy atom. The number of carbonyl (C=O) groups excluding carboxylic acids is 1. The summed E-state index contributed by atoms with van der Waals surface area (Å²) in [5, 5.41) is 4.02. The van der Waals surface area contributed by atoms with Crippen LogP contribution in [0.3, 0.4) is 0 Å². The second-order valence-electron chi connectivity index (χ2n) is 5.44. The fourth-order valence-electron chi connectivity index (χ4n) is 2.39. The molecule has 0 aromatic heterocycles. The zero-order chi connectivity index (χ0) is 16.6. The second-order valence-corrected chi connectivity index (χ2v) is 7.57. The van der Waals surface area contributed by atoms with Crippen LogP contribution in [0.4, 0.5) is 0 Å². The van der Waals surface area contributed by atoms with Crippen LogP contribution in [0, 0.1) is 0 Å². The molecule has 3 aromatic rings. The van der Waals surface area contributed by atoms with E-state index in [1.165, 1.54) is 5.56 Å². The molecule has 3 aromatic carbocycles. The van der Waals surface area contributed by atoms with Gasteiger partial charge in [-0.2, -0.15) is 0 Å². The van der Waals surface area contributed by atoms with Gasteiger partial charge in [0.2, 0.25) is 0 Å². The first-order chi connectivity index (χ1) is 11.8. The first-order valence-corrected chi connectivity index (χ1v) is 9.97. The van der Waals surface area contributed by atoms with Crippen LogP contribution in [0.5, 0.6) is 0 Å². The Labute approximate surface area is 149 Å². The van der Waals surface area contributed by atoms with Gasteiger partial charge in [-0.1, -0.05) is 0 Å². The van der Waals surface area contributed by atoms with E-state index in [1.54, 1.807) is 0 Å². The number of rotatable bonds is 6. The topological polar surface area (TPSA) is 29.1 Å². The van der Waals surface area contributed by atoms with Crippen LogP contribution in [-0.4, -0.2) is 20.9 Å². The molecule has 24 heavy (non-hydrogen) atoms. The summed E-state index contributed by atoms with van der Waals surface area (Å²) in [5.74, 6) is 0.00406. The van der Waals surface area contributed by atoms with E-state index in [1.807, 2.05) is 54.6 Å². The van der Waals surface area contributed by atoms with Crippen molar-refractivity contribution in [2.24, 2.45) is 0 Å². The Kier molecular flexibility index (Phi) is 5.84. The first kappa shape index (κ1) is 16.5. The average molecular weight is 380 g/mol. The zero-order valence-corrected chi connectivity index (χ0v) is 15.0. The fourth-order valence-corrected chi connectivity index (χ4v) is 4.50. The molecular formula is C21H19NOSe. The van der Waals surface area contributed by atoms with Gasteiger partial charge in [-0.25, -0.2) is 0 Å². The molecule has 1 N–H and O–H groups in total. The van der Waals surface area contributed by atoms with Crippen molar-refractivity contribution in [1.29, 1.82) is 0 Å². The minimum absolute atomic E-state index is 0.00406. The van der Waals surface area contributed by atoms with Gasteiger partial charge in [0.1, 0.15) is 0 Å². The predicted molar refractivity (Wildman–Crippen MR) is 99.6 cm³/mol. The molecule has 120 valence electrons. The Morgan fingerprint density at radius 3 is 2.04 bits per heavy atom. The summed E-state index contributed by atoms with van der Waals surface area (Å²) in [7, 11) is 0. The molecule has 3 heteroatoms. The third-order valence-electron chi connectivity index (χ3n) is 3.66. The summed E-state index contributed by atoms with van der Waals surface area (Å²) in [5.41, 5.74) is 3.22. The molecule has 0 atom stereocenters. The SMILES string of the molecule is O=C(NCc1ccccc1)c1ccccc1[Se]Cc1ccccc1. The van der Waals surface area contributed by atoms with Crippen molar-refractivity contribution in [3.63, 3.8) is 0 Å². The number of amides is 1. The predicted octanol–water partition coefficient (Wildman–Crippen LogP) is 3.15.